The Balaban J connectivity index is 3.33. The van der Waals surface area contributed by atoms with Gasteiger partial charge in [0.25, 0.3) is 0 Å². The quantitative estimate of drug-likeness (QED) is 0.509. The Hall–Kier alpha value is -0.960. The lowest BCUT2D eigenvalue weighted by Crippen LogP contribution is -2.21. The Morgan fingerprint density at radius 1 is 1.25 bits per heavy atom. The zero-order chi connectivity index (χ0) is 9.19. The molecule has 1 rings (SSSR count). The van der Waals surface area contributed by atoms with Gasteiger partial charge in [-0.25, -0.2) is 0 Å². The highest BCUT2D eigenvalue weighted by atomic mass is 31.2. The van der Waals surface area contributed by atoms with E-state index >= 15 is 0 Å². The van der Waals surface area contributed by atoms with Crippen molar-refractivity contribution in [3.05, 3.63) is 29.8 Å². The van der Waals surface area contributed by atoms with Crippen LogP contribution in [0.15, 0.2) is 24.3 Å². The Kier molecular flexibility index (Phi) is 2.43. The van der Waals surface area contributed by atoms with Crippen molar-refractivity contribution in [3.8, 4) is 0 Å². The van der Waals surface area contributed by atoms with Crippen molar-refractivity contribution >= 4 is 19.0 Å². The van der Waals surface area contributed by atoms with E-state index in [1.165, 1.54) is 12.1 Å². The number of benzene rings is 1. The molecule has 0 amide bonds. The van der Waals surface area contributed by atoms with Gasteiger partial charge in [0.1, 0.15) is 0 Å². The highest BCUT2D eigenvalue weighted by Crippen LogP contribution is 2.24. The van der Waals surface area contributed by atoms with E-state index in [1.807, 2.05) is 0 Å². The first-order valence-electron chi connectivity index (χ1n) is 3.27. The third kappa shape index (κ3) is 1.80. The molecule has 0 aromatic heterocycles. The lowest BCUT2D eigenvalue weighted by molar-refractivity contribution is 0.112. The van der Waals surface area contributed by atoms with Crippen LogP contribution in [0.5, 0.6) is 0 Å². The first-order valence-corrected chi connectivity index (χ1v) is 5.12. The molecule has 0 aliphatic heterocycles. The number of carbonyl (C=O) groups is 1. The Bertz CT molecular complexity index is 345. The normalized spacial score (nSPS) is 11.2. The van der Waals surface area contributed by atoms with Crippen LogP contribution in [0.25, 0.3) is 0 Å². The molecule has 0 saturated carbocycles. The smallest absolute Gasteiger partial charge is 0.236 e. The molecule has 12 heavy (non-hydrogen) atoms. The van der Waals surface area contributed by atoms with Crippen molar-refractivity contribution < 1.29 is 9.36 Å². The van der Waals surface area contributed by atoms with Gasteiger partial charge in [-0.3, -0.25) is 20.4 Å². The topological polar surface area (TPSA) is 86.2 Å². The average Bonchev–Trinajstić information content (AvgIpc) is 2.03. The molecule has 0 radical (unpaired) electrons. The van der Waals surface area contributed by atoms with E-state index in [0.717, 1.165) is 0 Å². The number of nitrogens with two attached hydrogens (primary N) is 2. The van der Waals surface area contributed by atoms with E-state index < -0.39 is 7.44 Å². The minimum absolute atomic E-state index is 0.222. The van der Waals surface area contributed by atoms with Crippen LogP contribution in [0.3, 0.4) is 0 Å². The average molecular weight is 184 g/mol. The largest absolute Gasteiger partial charge is 0.298 e. The van der Waals surface area contributed by atoms with E-state index in [2.05, 4.69) is 0 Å². The van der Waals surface area contributed by atoms with Crippen molar-refractivity contribution in [2.24, 2.45) is 11.0 Å². The fourth-order valence-electron chi connectivity index (χ4n) is 0.905. The molecule has 0 saturated heterocycles. The Morgan fingerprint density at radius 2 is 1.83 bits per heavy atom. The number of carbonyl (C=O) groups excluding carboxylic acids is 1. The molecule has 0 fully saturated rings. The molecule has 5 heteroatoms. The van der Waals surface area contributed by atoms with Gasteiger partial charge in [0.2, 0.25) is 7.44 Å². The number of aldehydes is 1. The van der Waals surface area contributed by atoms with E-state index in [1.54, 1.807) is 12.1 Å². The van der Waals surface area contributed by atoms with Crippen LogP contribution in [0, 0.1) is 0 Å². The van der Waals surface area contributed by atoms with Crippen molar-refractivity contribution in [1.29, 1.82) is 0 Å². The van der Waals surface area contributed by atoms with Crippen LogP contribution in [-0.4, -0.2) is 6.29 Å². The van der Waals surface area contributed by atoms with Crippen LogP contribution in [-0.2, 0) is 4.57 Å². The maximum atomic E-state index is 11.2. The summed E-state index contributed by atoms with van der Waals surface area (Å²) < 4.78 is 11.2. The van der Waals surface area contributed by atoms with Crippen molar-refractivity contribution in [2.45, 2.75) is 0 Å². The summed E-state index contributed by atoms with van der Waals surface area (Å²) in [6.07, 6.45) is 0.585. The molecule has 0 unspecified atom stereocenters. The Morgan fingerprint density at radius 3 is 2.25 bits per heavy atom. The molecule has 0 spiro atoms. The molecule has 64 valence electrons. The minimum atomic E-state index is -3.30. The maximum Gasteiger partial charge on any atom is 0.236 e. The second-order valence-electron chi connectivity index (χ2n) is 2.39. The zero-order valence-corrected chi connectivity index (χ0v) is 7.20. The van der Waals surface area contributed by atoms with Gasteiger partial charge in [-0.1, -0.05) is 18.2 Å². The molecule has 0 bridgehead atoms. The van der Waals surface area contributed by atoms with Gasteiger partial charge in [-0.2, -0.15) is 0 Å². The summed E-state index contributed by atoms with van der Waals surface area (Å²) in [6.45, 7) is 0. The predicted octanol–water partition coefficient (Wildman–Crippen LogP) is 0.235. The van der Waals surface area contributed by atoms with Gasteiger partial charge < -0.3 is 0 Å². The van der Waals surface area contributed by atoms with Crippen LogP contribution in [0.4, 0.5) is 0 Å². The summed E-state index contributed by atoms with van der Waals surface area (Å²) in [6, 6.07) is 6.30. The number of hydrogen-bond acceptors (Lipinski definition) is 2. The minimum Gasteiger partial charge on any atom is -0.298 e. The first kappa shape index (κ1) is 9.13. The molecule has 1 aromatic rings. The highest BCUT2D eigenvalue weighted by molar-refractivity contribution is 7.67. The molecule has 4 nitrogen and oxygen atoms in total. The summed E-state index contributed by atoms with van der Waals surface area (Å²) in [5, 5.41) is 0.222. The standard InChI is InChI=1S/C7H9N2O2P/c8-12(9,11)7-4-2-1-3-6(7)5-10/h1-5H,(H4,8,9,11). The summed E-state index contributed by atoms with van der Waals surface area (Å²) in [4.78, 5) is 10.4. The van der Waals surface area contributed by atoms with Crippen LogP contribution in [0.1, 0.15) is 10.4 Å². The van der Waals surface area contributed by atoms with Crippen molar-refractivity contribution in [2.75, 3.05) is 0 Å². The lowest BCUT2D eigenvalue weighted by atomic mass is 10.2. The molecular formula is C7H9N2O2P. The van der Waals surface area contributed by atoms with Crippen LogP contribution in [0.2, 0.25) is 0 Å². The van der Waals surface area contributed by atoms with Crippen molar-refractivity contribution in [3.63, 3.8) is 0 Å². The molecule has 0 heterocycles. The summed E-state index contributed by atoms with van der Waals surface area (Å²) in [5.74, 6) is 0. The molecule has 0 aliphatic rings. The number of hydrogen-bond donors (Lipinski definition) is 2. The molecule has 0 atom stereocenters. The van der Waals surface area contributed by atoms with Gasteiger partial charge >= 0.3 is 0 Å². The summed E-state index contributed by atoms with van der Waals surface area (Å²) in [5.41, 5.74) is 10.7. The molecule has 0 aliphatic carbocycles. The monoisotopic (exact) mass is 184 g/mol. The fourth-order valence-corrected chi connectivity index (χ4v) is 1.76. The van der Waals surface area contributed by atoms with Gasteiger partial charge in [0.05, 0.1) is 5.30 Å². The summed E-state index contributed by atoms with van der Waals surface area (Å²) >= 11 is 0. The second-order valence-corrected chi connectivity index (χ2v) is 4.29. The van der Waals surface area contributed by atoms with Crippen molar-refractivity contribution in [1.82, 2.24) is 0 Å². The lowest BCUT2D eigenvalue weighted by Gasteiger charge is -2.07. The van der Waals surface area contributed by atoms with Gasteiger partial charge in [-0.15, -0.1) is 0 Å². The predicted molar refractivity (Wildman–Crippen MR) is 47.4 cm³/mol. The van der Waals surface area contributed by atoms with E-state index in [9.17, 15) is 9.36 Å². The fraction of sp³-hybridized carbons (Fsp3) is 0. The molecule has 1 aromatic carbocycles. The zero-order valence-electron chi connectivity index (χ0n) is 6.31. The van der Waals surface area contributed by atoms with Crippen LogP contribution >= 0.6 is 7.44 Å². The third-order valence-electron chi connectivity index (χ3n) is 1.44. The SMILES string of the molecule is NP(N)(=O)c1ccccc1C=O. The number of rotatable bonds is 2. The van der Waals surface area contributed by atoms with E-state index in [4.69, 9.17) is 11.0 Å². The summed E-state index contributed by atoms with van der Waals surface area (Å²) in [7, 11) is -3.30. The third-order valence-corrected chi connectivity index (χ3v) is 2.60. The second kappa shape index (κ2) is 3.19. The van der Waals surface area contributed by atoms with Gasteiger partial charge in [0, 0.05) is 5.56 Å². The van der Waals surface area contributed by atoms with Gasteiger partial charge in [-0.05, 0) is 6.07 Å². The van der Waals surface area contributed by atoms with E-state index in [-0.39, 0.29) is 10.9 Å². The van der Waals surface area contributed by atoms with Gasteiger partial charge in [0.15, 0.2) is 6.29 Å². The molecule has 4 N–H and O–H groups in total. The maximum absolute atomic E-state index is 11.2. The Labute approximate surface area is 70.0 Å². The first-order chi connectivity index (χ1) is 5.55. The van der Waals surface area contributed by atoms with Crippen LogP contribution < -0.4 is 16.3 Å². The van der Waals surface area contributed by atoms with E-state index in [0.29, 0.717) is 6.29 Å². The highest BCUT2D eigenvalue weighted by Gasteiger charge is 2.15. The molecular weight excluding hydrogens is 175 g/mol.